The number of Topliss-reactive ketones (excluding diaryl/α,β-unsaturated/α-hetero) is 1. The quantitative estimate of drug-likeness (QED) is 0.389. The van der Waals surface area contributed by atoms with Gasteiger partial charge >= 0.3 is 6.03 Å². The number of nitrogens with one attached hydrogen (secondary N) is 1. The van der Waals surface area contributed by atoms with E-state index in [-0.39, 0.29) is 23.8 Å². The molecule has 6 nitrogen and oxygen atoms in total. The van der Waals surface area contributed by atoms with Crippen molar-refractivity contribution in [3.63, 3.8) is 0 Å². The number of amides is 3. The Balaban J connectivity index is 1.51. The molecule has 1 aromatic heterocycles. The number of furan rings is 1. The Kier molecular flexibility index (Phi) is 5.02. The highest BCUT2D eigenvalue weighted by Gasteiger charge is 2.33. The number of benzene rings is 2. The first kappa shape index (κ1) is 19.3. The van der Waals surface area contributed by atoms with E-state index in [0.717, 1.165) is 10.5 Å². The lowest BCUT2D eigenvalue weighted by molar-refractivity contribution is -0.123. The molecule has 1 fully saturated rings. The fourth-order valence-corrected chi connectivity index (χ4v) is 3.08. The van der Waals surface area contributed by atoms with E-state index in [9.17, 15) is 18.8 Å². The Hall–Kier alpha value is -4.00. The van der Waals surface area contributed by atoms with Crippen LogP contribution < -0.4 is 5.32 Å². The summed E-state index contributed by atoms with van der Waals surface area (Å²) < 4.78 is 18.8. The molecule has 0 unspecified atom stereocenters. The Labute approximate surface area is 171 Å². The second kappa shape index (κ2) is 7.79. The van der Waals surface area contributed by atoms with Gasteiger partial charge in [-0.25, -0.2) is 9.18 Å². The van der Waals surface area contributed by atoms with Crippen molar-refractivity contribution in [2.45, 2.75) is 13.5 Å². The summed E-state index contributed by atoms with van der Waals surface area (Å²) in [6.07, 6.45) is 1.46. The number of carbonyl (C=O) groups is 3. The van der Waals surface area contributed by atoms with Crippen LogP contribution in [0.15, 0.2) is 70.8 Å². The number of halogens is 1. The summed E-state index contributed by atoms with van der Waals surface area (Å²) in [7, 11) is 0. The van der Waals surface area contributed by atoms with E-state index >= 15 is 0 Å². The van der Waals surface area contributed by atoms with E-state index in [0.29, 0.717) is 22.6 Å². The first-order valence-electron chi connectivity index (χ1n) is 9.21. The SMILES string of the molecule is CC(=O)c1ccc(-c2ccc(/C=C3/NC(=O)N(Cc4ccc(F)cc4)C3=O)o2)cc1. The highest BCUT2D eigenvalue weighted by Crippen LogP contribution is 2.25. The molecule has 2 heterocycles. The fraction of sp³-hybridized carbons (Fsp3) is 0.0870. The van der Waals surface area contributed by atoms with Gasteiger partial charge in [-0.2, -0.15) is 0 Å². The van der Waals surface area contributed by atoms with Crippen LogP contribution in [0, 0.1) is 5.82 Å². The van der Waals surface area contributed by atoms with Crippen LogP contribution in [0.2, 0.25) is 0 Å². The zero-order valence-electron chi connectivity index (χ0n) is 16.0. The lowest BCUT2D eigenvalue weighted by Crippen LogP contribution is -2.30. The molecule has 1 aliphatic heterocycles. The molecule has 1 saturated heterocycles. The van der Waals surface area contributed by atoms with Gasteiger partial charge in [0.2, 0.25) is 0 Å². The Morgan fingerprint density at radius 1 is 1.03 bits per heavy atom. The molecule has 3 amide bonds. The zero-order chi connectivity index (χ0) is 21.3. The molecule has 0 aliphatic carbocycles. The zero-order valence-corrected chi connectivity index (χ0v) is 16.0. The molecular formula is C23H17FN2O4. The molecule has 1 N–H and O–H groups in total. The molecule has 1 aliphatic rings. The number of carbonyl (C=O) groups excluding carboxylic acids is 3. The second-order valence-electron chi connectivity index (χ2n) is 6.84. The van der Waals surface area contributed by atoms with Crippen molar-refractivity contribution in [1.82, 2.24) is 10.2 Å². The number of hydrogen-bond donors (Lipinski definition) is 1. The number of urea groups is 1. The van der Waals surface area contributed by atoms with E-state index in [4.69, 9.17) is 4.42 Å². The van der Waals surface area contributed by atoms with Crippen LogP contribution in [0.4, 0.5) is 9.18 Å². The first-order chi connectivity index (χ1) is 14.4. The molecule has 150 valence electrons. The van der Waals surface area contributed by atoms with Gasteiger partial charge in [0.25, 0.3) is 5.91 Å². The predicted octanol–water partition coefficient (Wildman–Crippen LogP) is 4.38. The van der Waals surface area contributed by atoms with Crippen LogP contribution in [-0.2, 0) is 11.3 Å². The van der Waals surface area contributed by atoms with E-state index in [1.807, 2.05) is 0 Å². The number of ketones is 1. The van der Waals surface area contributed by atoms with E-state index in [2.05, 4.69) is 5.32 Å². The monoisotopic (exact) mass is 404 g/mol. The average Bonchev–Trinajstić information content (AvgIpc) is 3.30. The van der Waals surface area contributed by atoms with Crippen molar-refractivity contribution in [1.29, 1.82) is 0 Å². The topological polar surface area (TPSA) is 79.6 Å². The molecular weight excluding hydrogens is 387 g/mol. The van der Waals surface area contributed by atoms with Crippen molar-refractivity contribution in [2.75, 3.05) is 0 Å². The maximum absolute atomic E-state index is 13.0. The van der Waals surface area contributed by atoms with E-state index < -0.39 is 11.9 Å². The molecule has 0 atom stereocenters. The third-order valence-corrected chi connectivity index (χ3v) is 4.71. The summed E-state index contributed by atoms with van der Waals surface area (Å²) in [4.78, 5) is 37.2. The summed E-state index contributed by atoms with van der Waals surface area (Å²) in [5.74, 6) is 0.0612. The number of imide groups is 1. The van der Waals surface area contributed by atoms with Crippen LogP contribution in [0.1, 0.15) is 28.6 Å². The normalized spacial score (nSPS) is 15.0. The van der Waals surface area contributed by atoms with Gasteiger partial charge in [-0.15, -0.1) is 0 Å². The van der Waals surface area contributed by atoms with Crippen LogP contribution in [0.3, 0.4) is 0 Å². The Morgan fingerprint density at radius 3 is 2.40 bits per heavy atom. The fourth-order valence-electron chi connectivity index (χ4n) is 3.08. The maximum Gasteiger partial charge on any atom is 0.329 e. The van der Waals surface area contributed by atoms with Crippen LogP contribution in [0.25, 0.3) is 17.4 Å². The van der Waals surface area contributed by atoms with Crippen LogP contribution in [-0.4, -0.2) is 22.6 Å². The van der Waals surface area contributed by atoms with Gasteiger partial charge in [-0.1, -0.05) is 36.4 Å². The van der Waals surface area contributed by atoms with Gasteiger partial charge < -0.3 is 9.73 Å². The minimum atomic E-state index is -0.554. The van der Waals surface area contributed by atoms with Gasteiger partial charge in [0.1, 0.15) is 23.0 Å². The Morgan fingerprint density at radius 2 is 1.73 bits per heavy atom. The average molecular weight is 404 g/mol. The number of nitrogens with zero attached hydrogens (tertiary/aromatic N) is 1. The van der Waals surface area contributed by atoms with Gasteiger partial charge in [-0.3, -0.25) is 14.5 Å². The molecule has 2 aromatic carbocycles. The molecule has 0 saturated carbocycles. The van der Waals surface area contributed by atoms with E-state index in [1.54, 1.807) is 36.4 Å². The minimum absolute atomic E-state index is 0.0212. The van der Waals surface area contributed by atoms with Gasteiger partial charge in [0, 0.05) is 17.2 Å². The predicted molar refractivity (Wildman–Crippen MR) is 108 cm³/mol. The molecule has 7 heteroatoms. The van der Waals surface area contributed by atoms with Gasteiger partial charge in [-0.05, 0) is 36.8 Å². The van der Waals surface area contributed by atoms with Crippen molar-refractivity contribution < 1.29 is 23.2 Å². The first-order valence-corrected chi connectivity index (χ1v) is 9.21. The van der Waals surface area contributed by atoms with Gasteiger partial charge in [0.15, 0.2) is 5.78 Å². The summed E-state index contributed by atoms with van der Waals surface area (Å²) >= 11 is 0. The maximum atomic E-state index is 13.0. The third kappa shape index (κ3) is 3.91. The molecule has 4 rings (SSSR count). The Bertz CT molecular complexity index is 1160. The second-order valence-corrected chi connectivity index (χ2v) is 6.84. The number of hydrogen-bond acceptors (Lipinski definition) is 4. The van der Waals surface area contributed by atoms with E-state index in [1.165, 1.54) is 37.3 Å². The van der Waals surface area contributed by atoms with Crippen LogP contribution in [0.5, 0.6) is 0 Å². The highest BCUT2D eigenvalue weighted by atomic mass is 19.1. The van der Waals surface area contributed by atoms with Crippen molar-refractivity contribution in [2.24, 2.45) is 0 Å². The summed E-state index contributed by atoms with van der Waals surface area (Å²) in [6, 6.07) is 15.5. The largest absolute Gasteiger partial charge is 0.457 e. The van der Waals surface area contributed by atoms with Gasteiger partial charge in [0.05, 0.1) is 6.54 Å². The molecule has 0 radical (unpaired) electrons. The molecule has 3 aromatic rings. The minimum Gasteiger partial charge on any atom is -0.457 e. The molecule has 0 spiro atoms. The third-order valence-electron chi connectivity index (χ3n) is 4.71. The summed E-state index contributed by atoms with van der Waals surface area (Å²) in [5, 5.41) is 2.53. The van der Waals surface area contributed by atoms with Crippen LogP contribution >= 0.6 is 0 Å². The molecule has 0 bridgehead atoms. The van der Waals surface area contributed by atoms with Crippen molar-refractivity contribution >= 4 is 23.8 Å². The lowest BCUT2D eigenvalue weighted by Gasteiger charge is -2.11. The number of rotatable bonds is 5. The van der Waals surface area contributed by atoms with Crippen molar-refractivity contribution in [3.05, 3.63) is 89.1 Å². The summed E-state index contributed by atoms with van der Waals surface area (Å²) in [6.45, 7) is 1.53. The highest BCUT2D eigenvalue weighted by molar-refractivity contribution is 6.13. The smallest absolute Gasteiger partial charge is 0.329 e. The molecule has 30 heavy (non-hydrogen) atoms. The lowest BCUT2D eigenvalue weighted by atomic mass is 10.1. The standard InChI is InChI=1S/C23H17FN2O4/c1-14(27)16-4-6-17(7-5-16)21-11-10-19(30-21)12-20-22(28)26(23(29)25-20)13-15-2-8-18(24)9-3-15/h2-12H,13H2,1H3,(H,25,29)/b20-12+. The summed E-state index contributed by atoms with van der Waals surface area (Å²) in [5.41, 5.74) is 2.11. The van der Waals surface area contributed by atoms with Crippen molar-refractivity contribution in [3.8, 4) is 11.3 Å².